The SMILES string of the molecule is CCC(=O)Oc1ccc(Cl)cc1C(Nc1ccccn1)c1cccc(N)c1Cl. The van der Waals surface area contributed by atoms with Crippen molar-refractivity contribution >= 4 is 40.7 Å². The number of hydrogen-bond acceptors (Lipinski definition) is 5. The highest BCUT2D eigenvalue weighted by Gasteiger charge is 2.23. The van der Waals surface area contributed by atoms with Crippen LogP contribution in [0.15, 0.2) is 60.8 Å². The van der Waals surface area contributed by atoms with E-state index in [1.165, 1.54) is 0 Å². The van der Waals surface area contributed by atoms with Gasteiger partial charge in [-0.25, -0.2) is 4.98 Å². The van der Waals surface area contributed by atoms with Crippen LogP contribution in [0.2, 0.25) is 10.0 Å². The van der Waals surface area contributed by atoms with Crippen LogP contribution in [0.3, 0.4) is 0 Å². The van der Waals surface area contributed by atoms with E-state index in [4.69, 9.17) is 33.7 Å². The standard InChI is InChI=1S/C21H19Cl2N3O2/c1-2-19(27)28-17-10-9-13(22)12-15(17)21(26-18-8-3-4-11-25-18)14-6-5-7-16(24)20(14)23/h3-12,21H,2,24H2,1H3,(H,25,26). The van der Waals surface area contributed by atoms with Crippen LogP contribution in [0.25, 0.3) is 0 Å². The van der Waals surface area contributed by atoms with E-state index in [0.29, 0.717) is 38.4 Å². The monoisotopic (exact) mass is 415 g/mol. The Labute approximate surface area is 173 Å². The molecular formula is C21H19Cl2N3O2. The van der Waals surface area contributed by atoms with Gasteiger partial charge < -0.3 is 15.8 Å². The third-order valence-electron chi connectivity index (χ3n) is 4.12. The van der Waals surface area contributed by atoms with Gasteiger partial charge >= 0.3 is 5.97 Å². The van der Waals surface area contributed by atoms with E-state index in [-0.39, 0.29) is 12.4 Å². The van der Waals surface area contributed by atoms with Crippen molar-refractivity contribution in [3.63, 3.8) is 0 Å². The maximum absolute atomic E-state index is 11.9. The van der Waals surface area contributed by atoms with Crippen molar-refractivity contribution in [3.05, 3.63) is 82.0 Å². The summed E-state index contributed by atoms with van der Waals surface area (Å²) in [6.45, 7) is 1.73. The van der Waals surface area contributed by atoms with Crippen LogP contribution < -0.4 is 15.8 Å². The number of benzene rings is 2. The van der Waals surface area contributed by atoms with Gasteiger partial charge in [-0.3, -0.25) is 4.79 Å². The van der Waals surface area contributed by atoms with Crippen molar-refractivity contribution in [3.8, 4) is 5.75 Å². The predicted molar refractivity (Wildman–Crippen MR) is 113 cm³/mol. The number of aromatic nitrogens is 1. The predicted octanol–water partition coefficient (Wildman–Crippen LogP) is 5.49. The maximum Gasteiger partial charge on any atom is 0.310 e. The van der Waals surface area contributed by atoms with Crippen molar-refractivity contribution in [2.75, 3.05) is 11.1 Å². The molecule has 7 heteroatoms. The quantitative estimate of drug-likeness (QED) is 0.316. The highest BCUT2D eigenvalue weighted by Crippen LogP contribution is 2.39. The fourth-order valence-corrected chi connectivity index (χ4v) is 3.16. The zero-order valence-electron chi connectivity index (χ0n) is 15.2. The molecule has 0 saturated carbocycles. The number of ether oxygens (including phenoxy) is 1. The number of nitrogens with zero attached hydrogens (tertiary/aromatic N) is 1. The lowest BCUT2D eigenvalue weighted by Gasteiger charge is -2.24. The number of carbonyl (C=O) groups excluding carboxylic acids is 1. The number of nitrogens with one attached hydrogen (secondary N) is 1. The lowest BCUT2D eigenvalue weighted by molar-refractivity contribution is -0.134. The molecule has 2 aromatic carbocycles. The molecule has 1 aromatic heterocycles. The van der Waals surface area contributed by atoms with E-state index in [1.54, 1.807) is 37.4 Å². The first kappa shape index (κ1) is 20.0. The third kappa shape index (κ3) is 4.55. The minimum absolute atomic E-state index is 0.249. The molecule has 3 N–H and O–H groups in total. The Kier molecular flexibility index (Phi) is 6.39. The number of pyridine rings is 1. The summed E-state index contributed by atoms with van der Waals surface area (Å²) < 4.78 is 5.53. The Morgan fingerprint density at radius 1 is 1.14 bits per heavy atom. The first-order chi connectivity index (χ1) is 13.5. The van der Waals surface area contributed by atoms with Crippen LogP contribution in [-0.2, 0) is 4.79 Å². The maximum atomic E-state index is 11.9. The van der Waals surface area contributed by atoms with Crippen molar-refractivity contribution in [1.82, 2.24) is 4.98 Å². The van der Waals surface area contributed by atoms with Crippen LogP contribution in [0.5, 0.6) is 5.75 Å². The molecule has 1 atom stereocenters. The van der Waals surface area contributed by atoms with Crippen molar-refractivity contribution in [2.24, 2.45) is 0 Å². The number of anilines is 2. The summed E-state index contributed by atoms with van der Waals surface area (Å²) in [6, 6.07) is 15.5. The molecule has 28 heavy (non-hydrogen) atoms. The van der Waals surface area contributed by atoms with Gasteiger partial charge in [0.1, 0.15) is 11.6 Å². The summed E-state index contributed by atoms with van der Waals surface area (Å²) in [5, 5.41) is 4.24. The number of halogens is 2. The summed E-state index contributed by atoms with van der Waals surface area (Å²) in [5.74, 6) is 0.667. The van der Waals surface area contributed by atoms with Crippen LogP contribution in [0, 0.1) is 0 Å². The van der Waals surface area contributed by atoms with E-state index >= 15 is 0 Å². The minimum atomic E-state index is -0.496. The third-order valence-corrected chi connectivity index (χ3v) is 4.79. The number of nitrogens with two attached hydrogens (primary N) is 1. The Morgan fingerprint density at radius 2 is 1.96 bits per heavy atom. The van der Waals surface area contributed by atoms with Crippen molar-refractivity contribution in [1.29, 1.82) is 0 Å². The van der Waals surface area contributed by atoms with Gasteiger partial charge in [0.05, 0.1) is 16.8 Å². The Balaban J connectivity index is 2.15. The molecule has 1 heterocycles. The molecule has 3 rings (SSSR count). The molecule has 0 amide bonds. The Hall–Kier alpha value is -2.76. The van der Waals surface area contributed by atoms with E-state index in [2.05, 4.69) is 10.3 Å². The largest absolute Gasteiger partial charge is 0.426 e. The van der Waals surface area contributed by atoms with Gasteiger partial charge in [0.25, 0.3) is 0 Å². The second-order valence-corrected chi connectivity index (χ2v) is 6.87. The zero-order chi connectivity index (χ0) is 20.1. The smallest absolute Gasteiger partial charge is 0.310 e. The second-order valence-electron chi connectivity index (χ2n) is 6.05. The normalized spacial score (nSPS) is 11.7. The summed E-state index contributed by atoms with van der Waals surface area (Å²) in [7, 11) is 0. The molecular weight excluding hydrogens is 397 g/mol. The molecule has 0 saturated heterocycles. The topological polar surface area (TPSA) is 77.2 Å². The molecule has 1 unspecified atom stereocenters. The van der Waals surface area contributed by atoms with Crippen molar-refractivity contribution in [2.45, 2.75) is 19.4 Å². The van der Waals surface area contributed by atoms with Gasteiger partial charge in [0.2, 0.25) is 0 Å². The van der Waals surface area contributed by atoms with Gasteiger partial charge in [-0.2, -0.15) is 0 Å². The summed E-state index contributed by atoms with van der Waals surface area (Å²) >= 11 is 12.8. The zero-order valence-corrected chi connectivity index (χ0v) is 16.7. The highest BCUT2D eigenvalue weighted by atomic mass is 35.5. The van der Waals surface area contributed by atoms with Crippen LogP contribution in [0.1, 0.15) is 30.5 Å². The van der Waals surface area contributed by atoms with E-state index < -0.39 is 6.04 Å². The Morgan fingerprint density at radius 3 is 2.68 bits per heavy atom. The number of rotatable bonds is 6. The average Bonchev–Trinajstić information content (AvgIpc) is 2.70. The molecule has 0 spiro atoms. The van der Waals surface area contributed by atoms with Gasteiger partial charge in [0, 0.05) is 23.2 Å². The molecule has 0 aliphatic rings. The molecule has 0 bridgehead atoms. The van der Waals surface area contributed by atoms with E-state index in [9.17, 15) is 4.79 Å². The number of nitrogen functional groups attached to an aromatic ring is 1. The van der Waals surface area contributed by atoms with Gasteiger partial charge in [-0.15, -0.1) is 0 Å². The molecule has 0 aliphatic carbocycles. The minimum Gasteiger partial charge on any atom is -0.426 e. The number of esters is 1. The molecule has 0 aliphatic heterocycles. The second kappa shape index (κ2) is 8.95. The molecule has 0 radical (unpaired) electrons. The summed E-state index contributed by atoms with van der Waals surface area (Å²) in [6.07, 6.45) is 1.93. The average molecular weight is 416 g/mol. The number of carbonyl (C=O) groups is 1. The van der Waals surface area contributed by atoms with Crippen LogP contribution >= 0.6 is 23.2 Å². The fraction of sp³-hybridized carbons (Fsp3) is 0.143. The van der Waals surface area contributed by atoms with E-state index in [0.717, 1.165) is 0 Å². The van der Waals surface area contributed by atoms with E-state index in [1.807, 2.05) is 30.3 Å². The van der Waals surface area contributed by atoms with Gasteiger partial charge in [0.15, 0.2) is 0 Å². The van der Waals surface area contributed by atoms with Gasteiger partial charge in [-0.05, 0) is 42.0 Å². The first-order valence-corrected chi connectivity index (χ1v) is 9.46. The number of hydrogen-bond donors (Lipinski definition) is 2. The molecule has 5 nitrogen and oxygen atoms in total. The summed E-state index contributed by atoms with van der Waals surface area (Å²) in [5.41, 5.74) is 7.82. The van der Waals surface area contributed by atoms with Crippen LogP contribution in [0.4, 0.5) is 11.5 Å². The molecule has 0 fully saturated rings. The molecule has 144 valence electrons. The van der Waals surface area contributed by atoms with Gasteiger partial charge in [-0.1, -0.05) is 48.3 Å². The van der Waals surface area contributed by atoms with Crippen LogP contribution in [-0.4, -0.2) is 11.0 Å². The fourth-order valence-electron chi connectivity index (χ4n) is 2.74. The Bertz CT molecular complexity index is 981. The lowest BCUT2D eigenvalue weighted by Crippen LogP contribution is -2.17. The highest BCUT2D eigenvalue weighted by molar-refractivity contribution is 6.34. The van der Waals surface area contributed by atoms with Crippen molar-refractivity contribution < 1.29 is 9.53 Å². The molecule has 3 aromatic rings. The lowest BCUT2D eigenvalue weighted by atomic mass is 9.97. The summed E-state index contributed by atoms with van der Waals surface area (Å²) in [4.78, 5) is 16.2. The first-order valence-electron chi connectivity index (χ1n) is 8.71.